The quantitative estimate of drug-likeness (QED) is 0.0313. The minimum Gasteiger partial charge on any atom is -0.462 e. The molecule has 0 radical (unpaired) electrons. The summed E-state index contributed by atoms with van der Waals surface area (Å²) in [5.74, 6) is -0.890. The summed E-state index contributed by atoms with van der Waals surface area (Å²) in [7, 11) is -4.74. The van der Waals surface area contributed by atoms with E-state index < -0.39 is 32.5 Å². The topological polar surface area (TPSA) is 119 Å². The molecule has 0 saturated heterocycles. The molecule has 0 aromatic heterocycles. The molecule has 0 fully saturated rings. The highest BCUT2D eigenvalue weighted by molar-refractivity contribution is 7.46. The summed E-state index contributed by atoms with van der Waals surface area (Å²) in [5, 5.41) is 0. The summed E-state index contributed by atoms with van der Waals surface area (Å²) in [6.45, 7) is 3.65. The molecule has 0 amide bonds. The zero-order valence-electron chi connectivity index (χ0n) is 28.3. The molecule has 0 aliphatic carbocycles. The number of hydrogen-bond acceptors (Lipinski definition) is 6. The number of esters is 2. The van der Waals surface area contributed by atoms with Gasteiger partial charge >= 0.3 is 19.8 Å². The summed E-state index contributed by atoms with van der Waals surface area (Å²) < 4.78 is 26.2. The van der Waals surface area contributed by atoms with Crippen molar-refractivity contribution in [3.8, 4) is 0 Å². The third-order valence-corrected chi connectivity index (χ3v) is 8.27. The molecule has 8 nitrogen and oxygen atoms in total. The van der Waals surface area contributed by atoms with Crippen molar-refractivity contribution in [2.45, 2.75) is 187 Å². The van der Waals surface area contributed by atoms with E-state index in [1.54, 1.807) is 0 Å². The minimum atomic E-state index is -4.74. The lowest BCUT2D eigenvalue weighted by Crippen LogP contribution is -2.29. The second-order valence-electron chi connectivity index (χ2n) is 12.2. The van der Waals surface area contributed by atoms with Crippen molar-refractivity contribution in [3.05, 3.63) is 12.2 Å². The van der Waals surface area contributed by atoms with Gasteiger partial charge in [-0.05, 0) is 38.5 Å². The molecule has 0 aliphatic rings. The summed E-state index contributed by atoms with van der Waals surface area (Å²) >= 11 is 0. The molecule has 44 heavy (non-hydrogen) atoms. The molecule has 0 heterocycles. The largest absolute Gasteiger partial charge is 0.469 e. The Morgan fingerprint density at radius 1 is 0.568 bits per heavy atom. The molecule has 260 valence electrons. The van der Waals surface area contributed by atoms with Crippen LogP contribution in [0.2, 0.25) is 0 Å². The first kappa shape index (κ1) is 42.8. The van der Waals surface area contributed by atoms with Crippen LogP contribution in [-0.4, -0.2) is 41.0 Å². The van der Waals surface area contributed by atoms with Gasteiger partial charge in [-0.2, -0.15) is 0 Å². The van der Waals surface area contributed by atoms with Gasteiger partial charge in [-0.3, -0.25) is 14.1 Å². The lowest BCUT2D eigenvalue weighted by atomic mass is 10.1. The van der Waals surface area contributed by atoms with Crippen LogP contribution in [0, 0.1) is 0 Å². The fourth-order valence-corrected chi connectivity index (χ4v) is 5.43. The summed E-state index contributed by atoms with van der Waals surface area (Å²) in [6.07, 6.45) is 32.2. The van der Waals surface area contributed by atoms with Gasteiger partial charge in [0.25, 0.3) is 0 Å². The average Bonchev–Trinajstić information content (AvgIpc) is 2.98. The van der Waals surface area contributed by atoms with Gasteiger partial charge in [-0.1, -0.05) is 142 Å². The third kappa shape index (κ3) is 33.7. The zero-order chi connectivity index (χ0) is 32.6. The van der Waals surface area contributed by atoms with E-state index in [1.807, 2.05) is 0 Å². The van der Waals surface area contributed by atoms with Crippen molar-refractivity contribution >= 4 is 19.8 Å². The second-order valence-corrected chi connectivity index (χ2v) is 13.4. The molecule has 0 spiro atoms. The molecule has 0 aromatic carbocycles. The highest BCUT2D eigenvalue weighted by Crippen LogP contribution is 2.36. The van der Waals surface area contributed by atoms with Crippen molar-refractivity contribution in [2.75, 3.05) is 13.2 Å². The van der Waals surface area contributed by atoms with E-state index in [-0.39, 0.29) is 19.4 Å². The highest BCUT2D eigenvalue weighted by atomic mass is 31.2. The van der Waals surface area contributed by atoms with Crippen molar-refractivity contribution in [1.29, 1.82) is 0 Å². The van der Waals surface area contributed by atoms with Gasteiger partial charge in [0.1, 0.15) is 6.61 Å². The lowest BCUT2D eigenvalue weighted by molar-refractivity contribution is -0.161. The third-order valence-electron chi connectivity index (χ3n) is 7.78. The van der Waals surface area contributed by atoms with Crippen LogP contribution in [0.3, 0.4) is 0 Å². The van der Waals surface area contributed by atoms with Crippen molar-refractivity contribution in [2.24, 2.45) is 0 Å². The SMILES string of the molecule is CCCCCCCC/C=C\CCCCCCCC(=O)OC(COC(=O)CCCCCCCCCCCCC)COP(=O)(O)O. The predicted molar refractivity (Wildman–Crippen MR) is 179 cm³/mol. The van der Waals surface area contributed by atoms with Crippen molar-refractivity contribution in [1.82, 2.24) is 0 Å². The summed E-state index contributed by atoms with van der Waals surface area (Å²) in [6, 6.07) is 0. The number of unbranched alkanes of at least 4 members (excludes halogenated alkanes) is 21. The summed E-state index contributed by atoms with van der Waals surface area (Å²) in [5.41, 5.74) is 0. The fourth-order valence-electron chi connectivity index (χ4n) is 5.07. The minimum absolute atomic E-state index is 0.206. The summed E-state index contributed by atoms with van der Waals surface area (Å²) in [4.78, 5) is 42.6. The monoisotopic (exact) mass is 646 g/mol. The number of phosphoric ester groups is 1. The number of phosphoric acid groups is 1. The van der Waals surface area contributed by atoms with Crippen LogP contribution in [0.25, 0.3) is 0 Å². The van der Waals surface area contributed by atoms with Crippen LogP contribution in [0.5, 0.6) is 0 Å². The van der Waals surface area contributed by atoms with Crippen LogP contribution in [-0.2, 0) is 28.2 Å². The van der Waals surface area contributed by atoms with Gasteiger partial charge in [0.15, 0.2) is 6.10 Å². The van der Waals surface area contributed by atoms with Gasteiger partial charge in [-0.15, -0.1) is 0 Å². The average molecular weight is 647 g/mol. The Balaban J connectivity index is 3.98. The van der Waals surface area contributed by atoms with Crippen LogP contribution in [0.1, 0.15) is 181 Å². The maximum Gasteiger partial charge on any atom is 0.469 e. The van der Waals surface area contributed by atoms with E-state index in [1.165, 1.54) is 96.3 Å². The molecular formula is C35H67O8P. The van der Waals surface area contributed by atoms with E-state index in [0.717, 1.165) is 51.4 Å². The maximum atomic E-state index is 12.3. The van der Waals surface area contributed by atoms with Crippen molar-refractivity contribution in [3.63, 3.8) is 0 Å². The molecule has 0 saturated carbocycles. The van der Waals surface area contributed by atoms with E-state index in [4.69, 9.17) is 19.3 Å². The van der Waals surface area contributed by atoms with E-state index in [9.17, 15) is 14.2 Å². The zero-order valence-corrected chi connectivity index (χ0v) is 29.2. The van der Waals surface area contributed by atoms with Crippen LogP contribution < -0.4 is 0 Å². The highest BCUT2D eigenvalue weighted by Gasteiger charge is 2.22. The lowest BCUT2D eigenvalue weighted by Gasteiger charge is -2.18. The van der Waals surface area contributed by atoms with Gasteiger partial charge in [0, 0.05) is 12.8 Å². The Morgan fingerprint density at radius 2 is 0.955 bits per heavy atom. The second kappa shape index (κ2) is 31.8. The number of carbonyl (C=O) groups excluding carboxylic acids is 2. The van der Waals surface area contributed by atoms with Crippen LogP contribution >= 0.6 is 7.82 Å². The standard InChI is InChI=1S/C35H67O8P/c1-3-5-7-9-11-13-15-16-17-18-20-22-24-26-28-30-35(37)43-33(32-42-44(38,39)40)31-41-34(36)29-27-25-23-21-19-14-12-10-8-6-4-2/h16-17,33H,3-15,18-32H2,1-2H3,(H2,38,39,40)/b17-16-. The molecule has 0 rings (SSSR count). The molecule has 0 aliphatic heterocycles. The number of ether oxygens (including phenoxy) is 2. The van der Waals surface area contributed by atoms with E-state index >= 15 is 0 Å². The normalized spacial score (nSPS) is 12.5. The fraction of sp³-hybridized carbons (Fsp3) is 0.886. The molecule has 1 unspecified atom stereocenters. The van der Waals surface area contributed by atoms with Crippen molar-refractivity contribution < 1.29 is 37.9 Å². The molecule has 0 bridgehead atoms. The Bertz CT molecular complexity index is 736. The number of allylic oxidation sites excluding steroid dienone is 2. The number of rotatable bonds is 33. The molecule has 9 heteroatoms. The van der Waals surface area contributed by atoms with Gasteiger partial charge in [0.05, 0.1) is 6.61 Å². The van der Waals surface area contributed by atoms with E-state index in [2.05, 4.69) is 30.5 Å². The molecular weight excluding hydrogens is 579 g/mol. The smallest absolute Gasteiger partial charge is 0.462 e. The van der Waals surface area contributed by atoms with Crippen LogP contribution in [0.15, 0.2) is 12.2 Å². The Labute approximate surface area is 269 Å². The van der Waals surface area contributed by atoms with Gasteiger partial charge in [-0.25, -0.2) is 4.57 Å². The van der Waals surface area contributed by atoms with Gasteiger partial charge < -0.3 is 19.3 Å². The van der Waals surface area contributed by atoms with Crippen LogP contribution in [0.4, 0.5) is 0 Å². The van der Waals surface area contributed by atoms with E-state index in [0.29, 0.717) is 6.42 Å². The Hall–Kier alpha value is -1.21. The first-order valence-electron chi connectivity index (χ1n) is 18.0. The molecule has 2 N–H and O–H groups in total. The first-order chi connectivity index (χ1) is 21.3. The molecule has 1 atom stereocenters. The number of hydrogen-bond donors (Lipinski definition) is 2. The first-order valence-corrected chi connectivity index (χ1v) is 19.5. The number of carbonyl (C=O) groups is 2. The van der Waals surface area contributed by atoms with Gasteiger partial charge in [0.2, 0.25) is 0 Å². The maximum absolute atomic E-state index is 12.3. The Kier molecular flexibility index (Phi) is 30.9. The Morgan fingerprint density at radius 3 is 1.39 bits per heavy atom. The molecule has 0 aromatic rings. The predicted octanol–water partition coefficient (Wildman–Crippen LogP) is 10.3.